The molecule has 0 aliphatic carbocycles. The van der Waals surface area contributed by atoms with Gasteiger partial charge in [0.05, 0.1) is 6.61 Å². The average molecular weight is 325 g/mol. The van der Waals surface area contributed by atoms with Crippen LogP contribution in [0.5, 0.6) is 5.75 Å². The SMILES string of the molecule is Cc1sc(C(O)c2cccc3c2OCC3)cc1Br. The number of hydrogen-bond acceptors (Lipinski definition) is 3. The summed E-state index contributed by atoms with van der Waals surface area (Å²) in [5.74, 6) is 0.868. The van der Waals surface area contributed by atoms with Crippen molar-refractivity contribution in [3.05, 3.63) is 49.6 Å². The van der Waals surface area contributed by atoms with Crippen LogP contribution < -0.4 is 4.74 Å². The first-order chi connectivity index (χ1) is 8.66. The molecule has 0 spiro atoms. The van der Waals surface area contributed by atoms with Gasteiger partial charge in [0.25, 0.3) is 0 Å². The highest BCUT2D eigenvalue weighted by atomic mass is 79.9. The van der Waals surface area contributed by atoms with Gasteiger partial charge in [-0.1, -0.05) is 18.2 Å². The van der Waals surface area contributed by atoms with Gasteiger partial charge in [-0.2, -0.15) is 0 Å². The number of hydrogen-bond donors (Lipinski definition) is 1. The van der Waals surface area contributed by atoms with E-state index in [9.17, 15) is 5.11 Å². The summed E-state index contributed by atoms with van der Waals surface area (Å²) in [5.41, 5.74) is 2.07. The fourth-order valence-corrected chi connectivity index (χ4v) is 3.79. The number of rotatable bonds is 2. The molecule has 2 aromatic rings. The number of benzene rings is 1. The smallest absolute Gasteiger partial charge is 0.128 e. The van der Waals surface area contributed by atoms with Gasteiger partial charge in [0.2, 0.25) is 0 Å². The number of thiophene rings is 1. The van der Waals surface area contributed by atoms with Gasteiger partial charge in [0, 0.05) is 26.2 Å². The van der Waals surface area contributed by atoms with Gasteiger partial charge in [0.1, 0.15) is 11.9 Å². The highest BCUT2D eigenvalue weighted by Gasteiger charge is 2.23. The van der Waals surface area contributed by atoms with Crippen molar-refractivity contribution in [2.45, 2.75) is 19.4 Å². The maximum atomic E-state index is 10.5. The summed E-state index contributed by atoms with van der Waals surface area (Å²) in [5, 5.41) is 10.5. The lowest BCUT2D eigenvalue weighted by Crippen LogP contribution is -2.00. The van der Waals surface area contributed by atoms with E-state index >= 15 is 0 Å². The molecule has 0 fully saturated rings. The Morgan fingerprint density at radius 3 is 3.00 bits per heavy atom. The third kappa shape index (κ3) is 1.98. The molecule has 2 nitrogen and oxygen atoms in total. The molecule has 1 atom stereocenters. The molecule has 0 bridgehead atoms. The topological polar surface area (TPSA) is 29.5 Å². The van der Waals surface area contributed by atoms with Gasteiger partial charge in [-0.3, -0.25) is 0 Å². The molecular weight excluding hydrogens is 312 g/mol. The van der Waals surface area contributed by atoms with Crippen LogP contribution in [0.1, 0.15) is 27.0 Å². The normalized spacial score (nSPS) is 15.3. The van der Waals surface area contributed by atoms with E-state index in [4.69, 9.17) is 4.74 Å². The molecule has 1 aromatic carbocycles. The van der Waals surface area contributed by atoms with Gasteiger partial charge < -0.3 is 9.84 Å². The summed E-state index contributed by atoms with van der Waals surface area (Å²) >= 11 is 5.10. The van der Waals surface area contributed by atoms with Crippen molar-refractivity contribution >= 4 is 27.3 Å². The Hall–Kier alpha value is -0.840. The van der Waals surface area contributed by atoms with Gasteiger partial charge in [-0.05, 0) is 34.5 Å². The molecule has 3 rings (SSSR count). The van der Waals surface area contributed by atoms with Gasteiger partial charge in [-0.25, -0.2) is 0 Å². The number of para-hydroxylation sites is 1. The van der Waals surface area contributed by atoms with E-state index in [2.05, 4.69) is 22.0 Å². The number of aliphatic hydroxyl groups is 1. The predicted octanol–water partition coefficient (Wildman–Crippen LogP) is 3.84. The third-order valence-electron chi connectivity index (χ3n) is 3.19. The van der Waals surface area contributed by atoms with Gasteiger partial charge in [0.15, 0.2) is 0 Å². The fraction of sp³-hybridized carbons (Fsp3) is 0.286. The molecule has 0 saturated carbocycles. The Kier molecular flexibility index (Phi) is 3.18. The van der Waals surface area contributed by atoms with Crippen molar-refractivity contribution < 1.29 is 9.84 Å². The minimum absolute atomic E-state index is 0.604. The lowest BCUT2D eigenvalue weighted by atomic mass is 10.0. The molecule has 1 unspecified atom stereocenters. The second-order valence-corrected chi connectivity index (χ2v) is 6.53. The van der Waals surface area contributed by atoms with Crippen LogP contribution in [0.2, 0.25) is 0 Å². The van der Waals surface area contributed by atoms with Crippen LogP contribution in [0.3, 0.4) is 0 Å². The van der Waals surface area contributed by atoms with Crippen LogP contribution in [0.4, 0.5) is 0 Å². The average Bonchev–Trinajstić information content (AvgIpc) is 2.95. The van der Waals surface area contributed by atoms with Crippen molar-refractivity contribution in [3.63, 3.8) is 0 Å². The van der Waals surface area contributed by atoms with E-state index in [1.807, 2.05) is 25.1 Å². The van der Waals surface area contributed by atoms with Gasteiger partial charge in [-0.15, -0.1) is 11.3 Å². The number of aryl methyl sites for hydroxylation is 1. The van der Waals surface area contributed by atoms with Crippen LogP contribution in [0, 0.1) is 6.92 Å². The molecule has 18 heavy (non-hydrogen) atoms. The molecule has 4 heteroatoms. The first-order valence-electron chi connectivity index (χ1n) is 5.85. The Bertz CT molecular complexity index is 572. The van der Waals surface area contributed by atoms with E-state index < -0.39 is 6.10 Å². The summed E-state index contributed by atoms with van der Waals surface area (Å²) in [7, 11) is 0. The monoisotopic (exact) mass is 324 g/mol. The third-order valence-corrected chi connectivity index (χ3v) is 5.37. The maximum Gasteiger partial charge on any atom is 0.128 e. The lowest BCUT2D eigenvalue weighted by molar-refractivity contribution is 0.217. The molecular formula is C14H13BrO2S. The summed E-state index contributed by atoms with van der Waals surface area (Å²) in [6.45, 7) is 2.75. The fourth-order valence-electron chi connectivity index (χ4n) is 2.23. The zero-order valence-electron chi connectivity index (χ0n) is 9.94. The number of fused-ring (bicyclic) bond motifs is 1. The predicted molar refractivity (Wildman–Crippen MR) is 76.5 cm³/mol. The largest absolute Gasteiger partial charge is 0.493 e. The van der Waals surface area contributed by atoms with Crippen molar-refractivity contribution in [1.82, 2.24) is 0 Å². The maximum absolute atomic E-state index is 10.5. The highest BCUT2D eigenvalue weighted by molar-refractivity contribution is 9.10. The number of aliphatic hydroxyl groups excluding tert-OH is 1. The molecule has 0 amide bonds. The Morgan fingerprint density at radius 2 is 2.28 bits per heavy atom. The second-order valence-electron chi connectivity index (χ2n) is 4.39. The molecule has 2 heterocycles. The Labute approximate surface area is 118 Å². The molecule has 0 radical (unpaired) electrons. The van der Waals surface area contributed by atoms with Crippen molar-refractivity contribution in [2.75, 3.05) is 6.61 Å². The molecule has 94 valence electrons. The van der Waals surface area contributed by atoms with Crippen LogP contribution in [0.25, 0.3) is 0 Å². The summed E-state index contributed by atoms with van der Waals surface area (Å²) in [4.78, 5) is 2.13. The van der Waals surface area contributed by atoms with Crippen molar-refractivity contribution in [2.24, 2.45) is 0 Å². The molecule has 1 aromatic heterocycles. The number of halogens is 1. The van der Waals surface area contributed by atoms with Crippen LogP contribution in [0.15, 0.2) is 28.7 Å². The molecule has 0 saturated heterocycles. The lowest BCUT2D eigenvalue weighted by Gasteiger charge is -2.13. The summed E-state index contributed by atoms with van der Waals surface area (Å²) in [6, 6.07) is 7.98. The summed E-state index contributed by atoms with van der Waals surface area (Å²) in [6.07, 6.45) is 0.330. The standard InChI is InChI=1S/C14H13BrO2S/c1-8-11(15)7-12(18-8)13(16)10-4-2-3-9-5-6-17-14(9)10/h2-4,7,13,16H,5-6H2,1H3. The minimum atomic E-state index is -0.604. The van der Waals surface area contributed by atoms with E-state index in [1.54, 1.807) is 11.3 Å². The highest BCUT2D eigenvalue weighted by Crippen LogP contribution is 2.39. The minimum Gasteiger partial charge on any atom is -0.493 e. The first-order valence-corrected chi connectivity index (χ1v) is 7.46. The van der Waals surface area contributed by atoms with Gasteiger partial charge >= 0.3 is 0 Å². The van der Waals surface area contributed by atoms with Crippen molar-refractivity contribution in [1.29, 1.82) is 0 Å². The number of ether oxygens (including phenoxy) is 1. The zero-order valence-corrected chi connectivity index (χ0v) is 12.3. The zero-order chi connectivity index (χ0) is 12.7. The Morgan fingerprint density at radius 1 is 1.44 bits per heavy atom. The van der Waals surface area contributed by atoms with E-state index in [1.165, 1.54) is 10.4 Å². The van der Waals surface area contributed by atoms with Crippen LogP contribution in [-0.4, -0.2) is 11.7 Å². The first kappa shape index (κ1) is 12.2. The quantitative estimate of drug-likeness (QED) is 0.909. The Balaban J connectivity index is 2.02. The second kappa shape index (κ2) is 4.68. The molecule has 1 aliphatic rings. The van der Waals surface area contributed by atoms with Crippen molar-refractivity contribution in [3.8, 4) is 5.75 Å². The molecule has 1 aliphatic heterocycles. The molecule has 1 N–H and O–H groups in total. The van der Waals surface area contributed by atoms with E-state index in [0.717, 1.165) is 27.1 Å². The summed E-state index contributed by atoms with van der Waals surface area (Å²) < 4.78 is 6.69. The van der Waals surface area contributed by atoms with E-state index in [-0.39, 0.29) is 0 Å². The van der Waals surface area contributed by atoms with E-state index in [0.29, 0.717) is 6.61 Å². The van der Waals surface area contributed by atoms with Crippen LogP contribution in [-0.2, 0) is 6.42 Å². The van der Waals surface area contributed by atoms with Crippen LogP contribution >= 0.6 is 27.3 Å².